The number of carbonyl (C=O) groups excluding carboxylic acids is 2. The van der Waals surface area contributed by atoms with Crippen molar-refractivity contribution in [3.8, 4) is 0 Å². The van der Waals surface area contributed by atoms with E-state index in [1.165, 1.54) is 0 Å². The molecule has 2 amide bonds. The summed E-state index contributed by atoms with van der Waals surface area (Å²) < 4.78 is 0. The van der Waals surface area contributed by atoms with E-state index in [0.29, 0.717) is 31.5 Å². The summed E-state index contributed by atoms with van der Waals surface area (Å²) >= 11 is 0. The van der Waals surface area contributed by atoms with Crippen LogP contribution < -0.4 is 27.5 Å². The van der Waals surface area contributed by atoms with Crippen LogP contribution in [0.25, 0.3) is 0 Å². The quantitative estimate of drug-likeness (QED) is 0.231. The molecule has 1 aliphatic heterocycles. The van der Waals surface area contributed by atoms with Crippen LogP contribution in [0.4, 0.5) is 5.69 Å². The summed E-state index contributed by atoms with van der Waals surface area (Å²) in [6.45, 7) is 2.45. The minimum Gasteiger partial charge on any atom is -0.370 e. The monoisotopic (exact) mass is 359 g/mol. The van der Waals surface area contributed by atoms with Crippen molar-refractivity contribution >= 4 is 29.2 Å². The van der Waals surface area contributed by atoms with Gasteiger partial charge in [-0.1, -0.05) is 19.1 Å². The van der Waals surface area contributed by atoms with E-state index in [1.54, 1.807) is 12.1 Å². The summed E-state index contributed by atoms with van der Waals surface area (Å²) in [5.74, 6) is -0.408. The van der Waals surface area contributed by atoms with Gasteiger partial charge in [0.1, 0.15) is 0 Å². The van der Waals surface area contributed by atoms with Crippen molar-refractivity contribution in [2.75, 3.05) is 11.9 Å². The Hall–Kier alpha value is -2.94. The number of hydrogen-bond acceptors (Lipinski definition) is 5. The van der Waals surface area contributed by atoms with Gasteiger partial charge < -0.3 is 22.1 Å². The maximum absolute atomic E-state index is 12.1. The summed E-state index contributed by atoms with van der Waals surface area (Å²) in [6.07, 6.45) is 1.53. The van der Waals surface area contributed by atoms with E-state index < -0.39 is 6.04 Å². The van der Waals surface area contributed by atoms with Crippen LogP contribution in [0.1, 0.15) is 31.7 Å². The predicted molar refractivity (Wildman–Crippen MR) is 101 cm³/mol. The van der Waals surface area contributed by atoms with Crippen molar-refractivity contribution < 1.29 is 9.59 Å². The van der Waals surface area contributed by atoms with E-state index in [0.717, 1.165) is 11.3 Å². The number of guanidine groups is 1. The molecule has 140 valence electrons. The van der Waals surface area contributed by atoms with Crippen LogP contribution in [-0.2, 0) is 9.59 Å². The summed E-state index contributed by atoms with van der Waals surface area (Å²) in [7, 11) is 0. The average Bonchev–Trinajstić information content (AvgIpc) is 2.59. The van der Waals surface area contributed by atoms with Gasteiger partial charge in [0.2, 0.25) is 11.8 Å². The minimum absolute atomic E-state index is 0.0428. The number of anilines is 1. The second-order valence-corrected chi connectivity index (χ2v) is 6.29. The summed E-state index contributed by atoms with van der Waals surface area (Å²) in [4.78, 5) is 23.4. The van der Waals surface area contributed by atoms with E-state index >= 15 is 0 Å². The van der Waals surface area contributed by atoms with E-state index in [2.05, 4.69) is 21.2 Å². The minimum atomic E-state index is -0.638. The van der Waals surface area contributed by atoms with Crippen molar-refractivity contribution in [1.82, 2.24) is 10.7 Å². The Morgan fingerprint density at radius 1 is 1.42 bits per heavy atom. The zero-order valence-electron chi connectivity index (χ0n) is 14.7. The molecule has 9 nitrogen and oxygen atoms in total. The summed E-state index contributed by atoms with van der Waals surface area (Å²) in [6, 6.07) is 6.63. The SMILES string of the molecule is CC1CC(=O)NN=C1c1ccc(NC(=O)[C@H](N)CCCNC(=N)N)cc1. The molecular weight excluding hydrogens is 334 g/mol. The van der Waals surface area contributed by atoms with Gasteiger partial charge in [0.15, 0.2) is 5.96 Å². The standard InChI is InChI=1S/C17H25N7O2/c1-10-9-14(25)23-24-15(10)11-4-6-12(7-5-11)22-16(26)13(18)3-2-8-21-17(19)20/h4-7,10,13H,2-3,8-9,18H2,1H3,(H,22,26)(H,23,25)(H4,19,20,21)/t10?,13-/m1/s1. The van der Waals surface area contributed by atoms with Crippen LogP contribution in [0.3, 0.4) is 0 Å². The van der Waals surface area contributed by atoms with Gasteiger partial charge in [0.25, 0.3) is 0 Å². The molecule has 1 unspecified atom stereocenters. The Labute approximate surface area is 152 Å². The van der Waals surface area contributed by atoms with Gasteiger partial charge >= 0.3 is 0 Å². The molecule has 0 radical (unpaired) electrons. The van der Waals surface area contributed by atoms with Crippen LogP contribution in [0.15, 0.2) is 29.4 Å². The number of nitrogens with two attached hydrogens (primary N) is 2. The van der Waals surface area contributed by atoms with Crippen molar-refractivity contribution in [2.24, 2.45) is 22.5 Å². The lowest BCUT2D eigenvalue weighted by molar-refractivity contribution is -0.122. The fourth-order valence-corrected chi connectivity index (χ4v) is 2.64. The third-order valence-electron chi connectivity index (χ3n) is 4.05. The first-order valence-corrected chi connectivity index (χ1v) is 8.48. The van der Waals surface area contributed by atoms with Crippen molar-refractivity contribution in [2.45, 2.75) is 32.2 Å². The van der Waals surface area contributed by atoms with E-state index in [-0.39, 0.29) is 23.7 Å². The Balaban J connectivity index is 1.87. The third kappa shape index (κ3) is 5.55. The second-order valence-electron chi connectivity index (χ2n) is 6.29. The highest BCUT2D eigenvalue weighted by Gasteiger charge is 2.21. The molecule has 9 heteroatoms. The Kier molecular flexibility index (Phi) is 6.67. The Bertz CT molecular complexity index is 700. The molecule has 1 aromatic carbocycles. The molecule has 1 aliphatic rings. The maximum atomic E-state index is 12.1. The van der Waals surface area contributed by atoms with Crippen molar-refractivity contribution in [3.63, 3.8) is 0 Å². The van der Waals surface area contributed by atoms with E-state index in [4.69, 9.17) is 16.9 Å². The number of nitrogens with one attached hydrogen (secondary N) is 4. The molecule has 0 aliphatic carbocycles. The van der Waals surface area contributed by atoms with Crippen molar-refractivity contribution in [1.29, 1.82) is 5.41 Å². The number of nitrogens with zero attached hydrogens (tertiary/aromatic N) is 1. The van der Waals surface area contributed by atoms with E-state index in [9.17, 15) is 9.59 Å². The first-order valence-electron chi connectivity index (χ1n) is 8.48. The fraction of sp³-hybridized carbons (Fsp3) is 0.412. The Morgan fingerprint density at radius 3 is 2.73 bits per heavy atom. The molecule has 1 aromatic rings. The zero-order chi connectivity index (χ0) is 19.1. The molecule has 0 saturated heterocycles. The van der Waals surface area contributed by atoms with Crippen LogP contribution in [0.2, 0.25) is 0 Å². The molecule has 0 aromatic heterocycles. The molecule has 0 saturated carbocycles. The third-order valence-corrected chi connectivity index (χ3v) is 4.05. The van der Waals surface area contributed by atoms with Gasteiger partial charge in [-0.3, -0.25) is 15.0 Å². The largest absolute Gasteiger partial charge is 0.370 e. The normalized spacial score (nSPS) is 17.7. The Morgan fingerprint density at radius 2 is 2.12 bits per heavy atom. The molecule has 2 atom stereocenters. The van der Waals surface area contributed by atoms with Crippen LogP contribution >= 0.6 is 0 Å². The molecule has 0 bridgehead atoms. The molecule has 26 heavy (non-hydrogen) atoms. The number of benzene rings is 1. The molecule has 0 spiro atoms. The summed E-state index contributed by atoms with van der Waals surface area (Å²) in [5, 5.41) is 16.6. The molecule has 8 N–H and O–H groups in total. The lowest BCUT2D eigenvalue weighted by Crippen LogP contribution is -2.37. The number of hydrazone groups is 1. The first kappa shape index (κ1) is 19.4. The zero-order valence-corrected chi connectivity index (χ0v) is 14.7. The molecular formula is C17H25N7O2. The first-order chi connectivity index (χ1) is 12.4. The highest BCUT2D eigenvalue weighted by Crippen LogP contribution is 2.18. The molecule has 2 rings (SSSR count). The number of carbonyl (C=O) groups is 2. The maximum Gasteiger partial charge on any atom is 0.241 e. The molecule has 1 heterocycles. The number of rotatable bonds is 7. The van der Waals surface area contributed by atoms with Gasteiger partial charge in [0, 0.05) is 24.6 Å². The van der Waals surface area contributed by atoms with E-state index in [1.807, 2.05) is 19.1 Å². The van der Waals surface area contributed by atoms with Gasteiger partial charge in [-0.15, -0.1) is 0 Å². The second kappa shape index (κ2) is 8.95. The van der Waals surface area contributed by atoms with Crippen LogP contribution in [-0.4, -0.2) is 36.1 Å². The van der Waals surface area contributed by atoms with Crippen molar-refractivity contribution in [3.05, 3.63) is 29.8 Å². The lowest BCUT2D eigenvalue weighted by atomic mass is 9.94. The number of amides is 2. The highest BCUT2D eigenvalue weighted by atomic mass is 16.2. The average molecular weight is 359 g/mol. The van der Waals surface area contributed by atoms with Gasteiger partial charge in [-0.2, -0.15) is 5.10 Å². The number of hydrogen-bond donors (Lipinski definition) is 6. The van der Waals surface area contributed by atoms with Gasteiger partial charge in [-0.25, -0.2) is 5.43 Å². The van der Waals surface area contributed by atoms with Gasteiger partial charge in [-0.05, 0) is 30.5 Å². The van der Waals surface area contributed by atoms with Crippen LogP contribution in [0.5, 0.6) is 0 Å². The topological polar surface area (TPSA) is 158 Å². The molecule has 0 fully saturated rings. The lowest BCUT2D eigenvalue weighted by Gasteiger charge is -2.19. The summed E-state index contributed by atoms with van der Waals surface area (Å²) in [5.41, 5.74) is 15.9. The smallest absolute Gasteiger partial charge is 0.241 e. The van der Waals surface area contributed by atoms with Gasteiger partial charge in [0.05, 0.1) is 11.8 Å². The van der Waals surface area contributed by atoms with Crippen LogP contribution in [0, 0.1) is 11.3 Å². The predicted octanol–water partition coefficient (Wildman–Crippen LogP) is 0.0758. The fourth-order valence-electron chi connectivity index (χ4n) is 2.64. The highest BCUT2D eigenvalue weighted by molar-refractivity contribution is 6.06.